The molecule has 1 aliphatic rings. The largest absolute Gasteiger partial charge is 0.392 e. The molecule has 0 aromatic heterocycles. The van der Waals surface area contributed by atoms with E-state index in [2.05, 4.69) is 20.8 Å². The van der Waals surface area contributed by atoms with Crippen molar-refractivity contribution in [3.63, 3.8) is 0 Å². The lowest BCUT2D eigenvalue weighted by molar-refractivity contribution is -0.0181. The topological polar surface area (TPSA) is 20.2 Å². The van der Waals surface area contributed by atoms with Crippen molar-refractivity contribution in [2.45, 2.75) is 46.1 Å². The summed E-state index contributed by atoms with van der Waals surface area (Å²) in [6, 6.07) is 0. The fraction of sp³-hybridized carbons (Fsp3) is 1.00. The molecular formula is C9H18O. The summed E-state index contributed by atoms with van der Waals surface area (Å²) in [5.41, 5.74) is 0.0884. The van der Waals surface area contributed by atoms with Gasteiger partial charge >= 0.3 is 0 Å². The average Bonchev–Trinajstić information content (AvgIpc) is 1.57. The van der Waals surface area contributed by atoms with Crippen LogP contribution in [0.4, 0.5) is 0 Å². The number of hydrogen-bond donors (Lipinski definition) is 1. The number of aliphatic hydroxyl groups is 1. The fourth-order valence-corrected chi connectivity index (χ4v) is 1.46. The van der Waals surface area contributed by atoms with Gasteiger partial charge in [0, 0.05) is 0 Å². The molecule has 60 valence electrons. The number of rotatable bonds is 1. The summed E-state index contributed by atoms with van der Waals surface area (Å²) in [5.74, 6) is 0.597. The van der Waals surface area contributed by atoms with Crippen LogP contribution in [0.3, 0.4) is 0 Å². The van der Waals surface area contributed by atoms with Crippen LogP contribution in [0.2, 0.25) is 0 Å². The first-order chi connectivity index (χ1) is 4.52. The molecular weight excluding hydrogens is 124 g/mol. The van der Waals surface area contributed by atoms with E-state index in [4.69, 9.17) is 0 Å². The van der Waals surface area contributed by atoms with Gasteiger partial charge in [-0.1, -0.05) is 27.2 Å². The molecule has 0 saturated heterocycles. The minimum Gasteiger partial charge on any atom is -0.392 e. The van der Waals surface area contributed by atoms with Crippen LogP contribution in [-0.2, 0) is 0 Å². The quantitative estimate of drug-likeness (QED) is 0.595. The Morgan fingerprint density at radius 2 is 1.80 bits per heavy atom. The maximum atomic E-state index is 9.71. The van der Waals surface area contributed by atoms with Crippen LogP contribution in [0.15, 0.2) is 0 Å². The van der Waals surface area contributed by atoms with E-state index in [-0.39, 0.29) is 11.5 Å². The van der Waals surface area contributed by atoms with Crippen molar-refractivity contribution in [1.82, 2.24) is 0 Å². The van der Waals surface area contributed by atoms with Crippen molar-refractivity contribution >= 4 is 0 Å². The molecule has 1 N–H and O–H groups in total. The predicted octanol–water partition coefficient (Wildman–Crippen LogP) is 2.19. The van der Waals surface area contributed by atoms with E-state index < -0.39 is 0 Å². The SMILES string of the molecule is CC(C)(C)C(O)C1CCC1. The lowest BCUT2D eigenvalue weighted by atomic mass is 9.72. The van der Waals surface area contributed by atoms with Crippen LogP contribution in [0, 0.1) is 11.3 Å². The molecule has 1 rings (SSSR count). The molecule has 0 aromatic carbocycles. The van der Waals surface area contributed by atoms with Crippen molar-refractivity contribution in [2.75, 3.05) is 0 Å². The van der Waals surface area contributed by atoms with E-state index in [1.54, 1.807) is 0 Å². The molecule has 0 aliphatic heterocycles. The highest BCUT2D eigenvalue weighted by Crippen LogP contribution is 2.37. The summed E-state index contributed by atoms with van der Waals surface area (Å²) in [6.45, 7) is 6.32. The smallest absolute Gasteiger partial charge is 0.0616 e. The summed E-state index contributed by atoms with van der Waals surface area (Å²) in [6.07, 6.45) is 3.70. The van der Waals surface area contributed by atoms with Gasteiger partial charge in [0.1, 0.15) is 0 Å². The summed E-state index contributed by atoms with van der Waals surface area (Å²) in [7, 11) is 0. The summed E-state index contributed by atoms with van der Waals surface area (Å²) < 4.78 is 0. The highest BCUT2D eigenvalue weighted by Gasteiger charge is 2.33. The van der Waals surface area contributed by atoms with Gasteiger partial charge < -0.3 is 5.11 Å². The van der Waals surface area contributed by atoms with E-state index in [1.165, 1.54) is 19.3 Å². The van der Waals surface area contributed by atoms with Gasteiger partial charge in [-0.05, 0) is 24.2 Å². The van der Waals surface area contributed by atoms with E-state index >= 15 is 0 Å². The van der Waals surface area contributed by atoms with E-state index in [0.29, 0.717) is 5.92 Å². The molecule has 1 unspecified atom stereocenters. The summed E-state index contributed by atoms with van der Waals surface area (Å²) >= 11 is 0. The molecule has 10 heavy (non-hydrogen) atoms. The van der Waals surface area contributed by atoms with Crippen molar-refractivity contribution in [2.24, 2.45) is 11.3 Å². The Balaban J connectivity index is 2.39. The van der Waals surface area contributed by atoms with E-state index in [9.17, 15) is 5.11 Å². The van der Waals surface area contributed by atoms with E-state index in [1.807, 2.05) is 0 Å². The Morgan fingerprint density at radius 1 is 1.30 bits per heavy atom. The molecule has 0 spiro atoms. The van der Waals surface area contributed by atoms with Gasteiger partial charge in [-0.3, -0.25) is 0 Å². The highest BCUT2D eigenvalue weighted by molar-refractivity contribution is 4.84. The number of hydrogen-bond acceptors (Lipinski definition) is 1. The standard InChI is InChI=1S/C9H18O/c1-9(2,3)8(10)7-5-4-6-7/h7-8,10H,4-6H2,1-3H3. The monoisotopic (exact) mass is 142 g/mol. The van der Waals surface area contributed by atoms with Gasteiger partial charge in [0.05, 0.1) is 6.10 Å². The molecule has 0 bridgehead atoms. The normalized spacial score (nSPS) is 24.0. The number of aliphatic hydroxyl groups excluding tert-OH is 1. The first-order valence-corrected chi connectivity index (χ1v) is 4.20. The maximum Gasteiger partial charge on any atom is 0.0616 e. The van der Waals surface area contributed by atoms with Crippen LogP contribution in [-0.4, -0.2) is 11.2 Å². The Morgan fingerprint density at radius 3 is 1.90 bits per heavy atom. The van der Waals surface area contributed by atoms with Gasteiger partial charge in [0.25, 0.3) is 0 Å². The van der Waals surface area contributed by atoms with Gasteiger partial charge in [-0.2, -0.15) is 0 Å². The van der Waals surface area contributed by atoms with Crippen LogP contribution >= 0.6 is 0 Å². The van der Waals surface area contributed by atoms with Crippen molar-refractivity contribution in [3.05, 3.63) is 0 Å². The van der Waals surface area contributed by atoms with Gasteiger partial charge in [-0.25, -0.2) is 0 Å². The van der Waals surface area contributed by atoms with Gasteiger partial charge in [0.2, 0.25) is 0 Å². The van der Waals surface area contributed by atoms with Gasteiger partial charge in [0.15, 0.2) is 0 Å². The fourth-order valence-electron chi connectivity index (χ4n) is 1.46. The second-order valence-electron chi connectivity index (χ2n) is 4.50. The second kappa shape index (κ2) is 2.54. The minimum absolute atomic E-state index is 0.0822. The first-order valence-electron chi connectivity index (χ1n) is 4.20. The first kappa shape index (κ1) is 8.06. The summed E-state index contributed by atoms with van der Waals surface area (Å²) in [4.78, 5) is 0. The highest BCUT2D eigenvalue weighted by atomic mass is 16.3. The second-order valence-corrected chi connectivity index (χ2v) is 4.50. The Kier molecular flexibility index (Phi) is 2.04. The third-order valence-corrected chi connectivity index (χ3v) is 2.48. The molecule has 0 radical (unpaired) electrons. The molecule has 1 aliphatic carbocycles. The zero-order valence-electron chi connectivity index (χ0n) is 7.22. The van der Waals surface area contributed by atoms with Crippen LogP contribution in [0.1, 0.15) is 40.0 Å². The van der Waals surface area contributed by atoms with E-state index in [0.717, 1.165) is 0 Å². The maximum absolute atomic E-state index is 9.71. The van der Waals surface area contributed by atoms with Crippen molar-refractivity contribution < 1.29 is 5.11 Å². The molecule has 1 fully saturated rings. The Labute approximate surface area is 63.4 Å². The lowest BCUT2D eigenvalue weighted by Crippen LogP contribution is -2.37. The molecule has 1 nitrogen and oxygen atoms in total. The zero-order valence-corrected chi connectivity index (χ0v) is 7.22. The Hall–Kier alpha value is -0.0400. The predicted molar refractivity (Wildman–Crippen MR) is 42.8 cm³/mol. The lowest BCUT2D eigenvalue weighted by Gasteiger charge is -2.38. The van der Waals surface area contributed by atoms with Crippen LogP contribution in [0.5, 0.6) is 0 Å². The molecule has 0 aromatic rings. The molecule has 1 heteroatoms. The third kappa shape index (κ3) is 1.51. The molecule has 0 amide bonds. The minimum atomic E-state index is -0.0822. The zero-order chi connectivity index (χ0) is 7.78. The van der Waals surface area contributed by atoms with Gasteiger partial charge in [-0.15, -0.1) is 0 Å². The molecule has 1 saturated carbocycles. The van der Waals surface area contributed by atoms with Crippen molar-refractivity contribution in [1.29, 1.82) is 0 Å². The van der Waals surface area contributed by atoms with Crippen LogP contribution < -0.4 is 0 Å². The van der Waals surface area contributed by atoms with Crippen molar-refractivity contribution in [3.8, 4) is 0 Å². The summed E-state index contributed by atoms with van der Waals surface area (Å²) in [5, 5.41) is 9.71. The average molecular weight is 142 g/mol. The van der Waals surface area contributed by atoms with Crippen LogP contribution in [0.25, 0.3) is 0 Å². The third-order valence-electron chi connectivity index (χ3n) is 2.48. The Bertz CT molecular complexity index is 108. The molecule has 0 heterocycles. The molecule has 1 atom stereocenters.